The molecule has 0 spiro atoms. The summed E-state index contributed by atoms with van der Waals surface area (Å²) in [6.07, 6.45) is 2.44. The Morgan fingerprint density at radius 1 is 1.29 bits per heavy atom. The standard InChI is InChI=1S/C25H37N5O7S/c1-24(9-3-11-26,22(36)27-18(15-32)13-20(33)34)29-23(37)25(10-4-12-31)14-19(25)28-21(35)16-5-7-17(8-6-16)30-38-2/h5-8,12,15,18-19,22,27,30,36H,3-4,9-11,13-14,26H2,1-2H3,(H,28,35)(H,29,37)(H,33,34)/p+1. The first-order chi connectivity index (χ1) is 18.0. The fraction of sp³-hybridized carbons (Fsp3) is 0.560. The molecule has 0 radical (unpaired) electrons. The summed E-state index contributed by atoms with van der Waals surface area (Å²) in [5.74, 6) is -1.91. The Labute approximate surface area is 226 Å². The van der Waals surface area contributed by atoms with Crippen molar-refractivity contribution in [3.05, 3.63) is 29.8 Å². The number of nitrogens with two attached hydrogens (primary N) is 2. The lowest BCUT2D eigenvalue weighted by molar-refractivity contribution is -0.660. The maximum Gasteiger partial charge on any atom is 0.319 e. The van der Waals surface area contributed by atoms with Gasteiger partial charge in [-0.05, 0) is 57.0 Å². The smallest absolute Gasteiger partial charge is 0.319 e. The normalized spacial score (nSPS) is 21.4. The molecule has 13 heteroatoms. The number of amides is 2. The minimum atomic E-state index is -1.42. The van der Waals surface area contributed by atoms with Crippen molar-refractivity contribution >= 4 is 48.0 Å². The molecule has 1 aliphatic carbocycles. The lowest BCUT2D eigenvalue weighted by Crippen LogP contribution is -3.03. The number of benzene rings is 1. The van der Waals surface area contributed by atoms with Crippen LogP contribution >= 0.6 is 11.9 Å². The van der Waals surface area contributed by atoms with Gasteiger partial charge in [0.05, 0.1) is 12.5 Å². The van der Waals surface area contributed by atoms with Gasteiger partial charge in [0.25, 0.3) is 5.91 Å². The number of carboxylic acids is 1. The van der Waals surface area contributed by atoms with Crippen molar-refractivity contribution in [1.82, 2.24) is 10.6 Å². The second-order valence-corrected chi connectivity index (χ2v) is 10.4. The van der Waals surface area contributed by atoms with Gasteiger partial charge < -0.3 is 35.6 Å². The zero-order valence-electron chi connectivity index (χ0n) is 21.6. The number of rotatable bonds is 18. The number of primary amides is 1. The van der Waals surface area contributed by atoms with Crippen LogP contribution in [0.3, 0.4) is 0 Å². The highest BCUT2D eigenvalue weighted by Crippen LogP contribution is 2.49. The second kappa shape index (κ2) is 14.4. The van der Waals surface area contributed by atoms with Crippen molar-refractivity contribution in [3.8, 4) is 0 Å². The van der Waals surface area contributed by atoms with Crippen LogP contribution in [0.5, 0.6) is 0 Å². The average Bonchev–Trinajstić information content (AvgIpc) is 3.59. The summed E-state index contributed by atoms with van der Waals surface area (Å²) in [5, 5.41) is 26.8. The lowest BCUT2D eigenvalue weighted by atomic mass is 9.89. The minimum Gasteiger partial charge on any atom is -0.481 e. The van der Waals surface area contributed by atoms with E-state index >= 15 is 0 Å². The summed E-state index contributed by atoms with van der Waals surface area (Å²) in [4.78, 5) is 60.0. The molecule has 0 heterocycles. The maximum absolute atomic E-state index is 13.6. The summed E-state index contributed by atoms with van der Waals surface area (Å²) >= 11 is 1.43. The number of carbonyl (C=O) groups is 5. The first-order valence-corrected chi connectivity index (χ1v) is 13.6. The van der Waals surface area contributed by atoms with Gasteiger partial charge in [-0.15, -0.1) is 0 Å². The van der Waals surface area contributed by atoms with Gasteiger partial charge >= 0.3 is 11.9 Å². The highest BCUT2D eigenvalue weighted by Gasteiger charge is 2.64. The Bertz CT molecular complexity index is 995. The Morgan fingerprint density at radius 3 is 2.53 bits per heavy atom. The van der Waals surface area contributed by atoms with E-state index in [0.717, 1.165) is 5.69 Å². The van der Waals surface area contributed by atoms with E-state index in [0.29, 0.717) is 31.0 Å². The quantitative estimate of drug-likeness (QED) is 0.0694. The molecule has 38 heavy (non-hydrogen) atoms. The van der Waals surface area contributed by atoms with E-state index in [-0.39, 0.29) is 37.6 Å². The SMILES string of the molecule is CSNc1ccc(C(=O)NC2CC2(CCC=O)C(=O)[NH2+]C(C)(CCCN)C(O)NC(C=O)CC(=O)O)cc1. The highest BCUT2D eigenvalue weighted by atomic mass is 32.2. The fourth-order valence-corrected chi connectivity index (χ4v) is 4.85. The molecule has 0 saturated heterocycles. The third-order valence-corrected chi connectivity index (χ3v) is 7.32. The van der Waals surface area contributed by atoms with Gasteiger partial charge in [-0.25, -0.2) is 4.79 Å². The molecular weight excluding hydrogens is 514 g/mol. The summed E-state index contributed by atoms with van der Waals surface area (Å²) in [6, 6.07) is 5.23. The number of aliphatic hydroxyl groups excluding tert-OH is 1. The fourth-order valence-electron chi connectivity index (χ4n) is 4.47. The molecule has 2 rings (SSSR count). The topological polar surface area (TPSA) is 205 Å². The van der Waals surface area contributed by atoms with Crippen LogP contribution in [-0.2, 0) is 19.2 Å². The van der Waals surface area contributed by atoms with Crippen molar-refractivity contribution in [1.29, 1.82) is 0 Å². The van der Waals surface area contributed by atoms with Crippen LogP contribution in [0.1, 0.15) is 55.8 Å². The Hall–Kier alpha value is -2.84. The Balaban J connectivity index is 2.18. The molecule has 5 unspecified atom stereocenters. The first-order valence-electron chi connectivity index (χ1n) is 12.4. The first kappa shape index (κ1) is 31.4. The van der Waals surface area contributed by atoms with Crippen molar-refractivity contribution in [2.24, 2.45) is 11.1 Å². The Kier molecular flexibility index (Phi) is 11.9. The number of aldehydes is 2. The molecule has 12 nitrogen and oxygen atoms in total. The molecule has 1 saturated carbocycles. The number of aliphatic hydroxyl groups is 1. The van der Waals surface area contributed by atoms with Gasteiger partial charge in [-0.1, -0.05) is 11.9 Å². The van der Waals surface area contributed by atoms with Crippen LogP contribution in [0.2, 0.25) is 0 Å². The second-order valence-electron chi connectivity index (χ2n) is 9.79. The zero-order chi connectivity index (χ0) is 28.3. The predicted molar refractivity (Wildman–Crippen MR) is 142 cm³/mol. The molecule has 5 atom stereocenters. The van der Waals surface area contributed by atoms with Crippen molar-refractivity contribution in [3.63, 3.8) is 0 Å². The number of quaternary nitrogens is 1. The van der Waals surface area contributed by atoms with E-state index in [9.17, 15) is 29.1 Å². The largest absolute Gasteiger partial charge is 0.481 e. The van der Waals surface area contributed by atoms with E-state index in [1.807, 2.05) is 6.26 Å². The van der Waals surface area contributed by atoms with Crippen LogP contribution in [0.25, 0.3) is 0 Å². The van der Waals surface area contributed by atoms with Crippen LogP contribution in [0, 0.1) is 5.41 Å². The number of carbonyl (C=O) groups excluding carboxylic acids is 4. The number of hydrogen-bond donors (Lipinski definition) is 7. The zero-order valence-corrected chi connectivity index (χ0v) is 22.5. The number of hydrogen-bond acceptors (Lipinski definition) is 10. The van der Waals surface area contributed by atoms with Crippen LogP contribution in [0.4, 0.5) is 5.69 Å². The van der Waals surface area contributed by atoms with E-state index in [4.69, 9.17) is 10.8 Å². The molecular formula is C25H38N5O7S+. The number of nitrogens with one attached hydrogen (secondary N) is 3. The maximum atomic E-state index is 13.6. The highest BCUT2D eigenvalue weighted by molar-refractivity contribution is 7.99. The van der Waals surface area contributed by atoms with Crippen molar-refractivity contribution < 1.29 is 39.5 Å². The van der Waals surface area contributed by atoms with Crippen molar-refractivity contribution in [2.45, 2.75) is 69.3 Å². The number of anilines is 1. The lowest BCUT2D eigenvalue weighted by Gasteiger charge is -2.34. The van der Waals surface area contributed by atoms with Crippen LogP contribution in [-0.4, -0.2) is 77.2 Å². The van der Waals surface area contributed by atoms with Gasteiger partial charge in [0, 0.05) is 36.4 Å². The molecule has 0 bridgehead atoms. The van der Waals surface area contributed by atoms with Gasteiger partial charge in [0.15, 0.2) is 6.23 Å². The van der Waals surface area contributed by atoms with Gasteiger partial charge in [0.1, 0.15) is 23.5 Å². The molecule has 0 aromatic heterocycles. The van der Waals surface area contributed by atoms with Gasteiger partial charge in [0.2, 0.25) is 0 Å². The molecule has 0 aliphatic heterocycles. The molecule has 210 valence electrons. The summed E-state index contributed by atoms with van der Waals surface area (Å²) in [7, 11) is 0. The third-order valence-electron chi connectivity index (χ3n) is 6.88. The van der Waals surface area contributed by atoms with Crippen LogP contribution in [0.15, 0.2) is 24.3 Å². The Morgan fingerprint density at radius 2 is 1.97 bits per heavy atom. The molecule has 2 amide bonds. The van der Waals surface area contributed by atoms with Gasteiger partial charge in [-0.3, -0.25) is 20.2 Å². The molecule has 9 N–H and O–H groups in total. The molecule has 1 fully saturated rings. The van der Waals surface area contributed by atoms with Crippen molar-refractivity contribution in [2.75, 3.05) is 17.5 Å². The van der Waals surface area contributed by atoms with E-state index in [2.05, 4.69) is 15.4 Å². The summed E-state index contributed by atoms with van der Waals surface area (Å²) < 4.78 is 3.07. The van der Waals surface area contributed by atoms with E-state index in [1.54, 1.807) is 31.2 Å². The summed E-state index contributed by atoms with van der Waals surface area (Å²) in [6.45, 7) is 1.91. The van der Waals surface area contributed by atoms with E-state index in [1.165, 1.54) is 17.3 Å². The summed E-state index contributed by atoms with van der Waals surface area (Å²) in [5.41, 5.74) is 4.72. The van der Waals surface area contributed by atoms with Crippen LogP contribution < -0.4 is 26.4 Å². The predicted octanol–water partition coefficient (Wildman–Crippen LogP) is -0.618. The van der Waals surface area contributed by atoms with Gasteiger partial charge in [-0.2, -0.15) is 0 Å². The molecule has 1 aliphatic rings. The monoisotopic (exact) mass is 552 g/mol. The molecule has 1 aromatic carbocycles. The number of aliphatic carboxylic acids is 1. The molecule has 1 aromatic rings. The third kappa shape index (κ3) is 8.33. The average molecular weight is 553 g/mol. The van der Waals surface area contributed by atoms with E-state index < -0.39 is 41.7 Å². The number of carboxylic acid groups (broad SMARTS) is 1. The minimum absolute atomic E-state index is 0.118.